The number of hydrogen-bond donors (Lipinski definition) is 1. The van der Waals surface area contributed by atoms with E-state index in [0.717, 1.165) is 18.2 Å². The summed E-state index contributed by atoms with van der Waals surface area (Å²) in [5, 5.41) is 8.95. The van der Waals surface area contributed by atoms with E-state index in [1.54, 1.807) is 6.20 Å². The van der Waals surface area contributed by atoms with Gasteiger partial charge in [0.1, 0.15) is 0 Å². The largest absolute Gasteiger partial charge is 0.390 e. The second-order valence-corrected chi connectivity index (χ2v) is 3.49. The molecule has 0 saturated heterocycles. The van der Waals surface area contributed by atoms with Crippen LogP contribution >= 0.6 is 0 Å². The van der Waals surface area contributed by atoms with Gasteiger partial charge in [-0.25, -0.2) is 4.98 Å². The molecule has 1 heterocycles. The Labute approximate surface area is 72.0 Å². The average Bonchev–Trinajstić information content (AvgIpc) is 2.43. The molecule has 66 valence electrons. The molecule has 0 radical (unpaired) electrons. The highest BCUT2D eigenvalue weighted by molar-refractivity contribution is 4.96. The summed E-state index contributed by atoms with van der Waals surface area (Å²) in [5.74, 6) is 0.824. The van der Waals surface area contributed by atoms with Gasteiger partial charge in [-0.1, -0.05) is 6.42 Å². The highest BCUT2D eigenvalue weighted by Gasteiger charge is 2.18. The predicted octanol–water partition coefficient (Wildman–Crippen LogP) is 1.18. The summed E-state index contributed by atoms with van der Waals surface area (Å²) in [6.45, 7) is 1.14. The van der Waals surface area contributed by atoms with Gasteiger partial charge in [-0.3, -0.25) is 0 Å². The van der Waals surface area contributed by atoms with E-state index >= 15 is 0 Å². The second-order valence-electron chi connectivity index (χ2n) is 3.49. The summed E-state index contributed by atoms with van der Waals surface area (Å²) in [4.78, 5) is 4.01. The number of hydrogen-bond acceptors (Lipinski definition) is 2. The summed E-state index contributed by atoms with van der Waals surface area (Å²) >= 11 is 0. The van der Waals surface area contributed by atoms with Gasteiger partial charge in [-0.15, -0.1) is 0 Å². The van der Waals surface area contributed by atoms with E-state index in [4.69, 9.17) is 5.11 Å². The van der Waals surface area contributed by atoms with Crippen LogP contribution in [0.5, 0.6) is 0 Å². The maximum atomic E-state index is 8.95. The molecular formula is C9H14N2O. The molecule has 1 aromatic rings. The van der Waals surface area contributed by atoms with Crippen LogP contribution in [0.1, 0.15) is 25.0 Å². The molecule has 1 aliphatic carbocycles. The molecule has 1 saturated carbocycles. The van der Waals surface area contributed by atoms with Gasteiger partial charge >= 0.3 is 0 Å². The van der Waals surface area contributed by atoms with E-state index < -0.39 is 0 Å². The van der Waals surface area contributed by atoms with Crippen molar-refractivity contribution >= 4 is 0 Å². The molecule has 0 aliphatic heterocycles. The lowest BCUT2D eigenvalue weighted by molar-refractivity contribution is 0.246. The number of aliphatic hydroxyl groups is 1. The first-order valence-corrected chi connectivity index (χ1v) is 4.50. The molecule has 1 fully saturated rings. The lowest BCUT2D eigenvalue weighted by Gasteiger charge is -2.26. The van der Waals surface area contributed by atoms with Gasteiger partial charge in [0.05, 0.1) is 24.8 Å². The third-order valence-electron chi connectivity index (χ3n) is 2.64. The molecule has 0 unspecified atom stereocenters. The van der Waals surface area contributed by atoms with Crippen molar-refractivity contribution in [2.45, 2.75) is 32.4 Å². The molecule has 1 N–H and O–H groups in total. The third kappa shape index (κ3) is 1.37. The zero-order valence-corrected chi connectivity index (χ0v) is 7.11. The number of rotatable bonds is 3. The summed E-state index contributed by atoms with van der Waals surface area (Å²) in [6.07, 6.45) is 7.59. The van der Waals surface area contributed by atoms with Crippen LogP contribution in [0.15, 0.2) is 12.5 Å². The minimum absolute atomic E-state index is 0.104. The van der Waals surface area contributed by atoms with Crippen LogP contribution in [-0.4, -0.2) is 14.7 Å². The van der Waals surface area contributed by atoms with Gasteiger partial charge < -0.3 is 9.67 Å². The second kappa shape index (κ2) is 3.27. The van der Waals surface area contributed by atoms with Crippen molar-refractivity contribution < 1.29 is 5.11 Å². The Bertz CT molecular complexity index is 253. The maximum Gasteiger partial charge on any atom is 0.0948 e. The molecule has 0 atom stereocenters. The Morgan fingerprint density at radius 1 is 1.58 bits per heavy atom. The Hall–Kier alpha value is -0.830. The standard InChI is InChI=1S/C9H14N2O/c12-6-9-4-10-7-11(9)5-8-2-1-3-8/h4,7-8,12H,1-3,5-6H2. The fraction of sp³-hybridized carbons (Fsp3) is 0.667. The SMILES string of the molecule is OCc1cncn1CC1CCC1. The number of aliphatic hydroxyl groups excluding tert-OH is 1. The van der Waals surface area contributed by atoms with Crippen LogP contribution < -0.4 is 0 Å². The molecule has 0 aromatic carbocycles. The first-order valence-electron chi connectivity index (χ1n) is 4.50. The quantitative estimate of drug-likeness (QED) is 0.732. The molecule has 2 rings (SSSR count). The molecule has 0 spiro atoms. The fourth-order valence-electron chi connectivity index (χ4n) is 1.60. The van der Waals surface area contributed by atoms with Crippen molar-refractivity contribution in [1.82, 2.24) is 9.55 Å². The first kappa shape index (κ1) is 7.80. The lowest BCUT2D eigenvalue weighted by Crippen LogP contribution is -2.18. The zero-order valence-electron chi connectivity index (χ0n) is 7.11. The molecule has 3 nitrogen and oxygen atoms in total. The molecule has 12 heavy (non-hydrogen) atoms. The van der Waals surface area contributed by atoms with E-state index in [0.29, 0.717) is 0 Å². The molecule has 0 bridgehead atoms. The van der Waals surface area contributed by atoms with Gasteiger partial charge in [-0.05, 0) is 18.8 Å². The van der Waals surface area contributed by atoms with Crippen LogP contribution in [0, 0.1) is 5.92 Å². The number of nitrogens with zero attached hydrogens (tertiary/aromatic N) is 2. The van der Waals surface area contributed by atoms with E-state index in [9.17, 15) is 0 Å². The lowest BCUT2D eigenvalue weighted by atomic mass is 9.85. The molecule has 0 amide bonds. The monoisotopic (exact) mass is 166 g/mol. The summed E-state index contributed by atoms with van der Waals surface area (Å²) in [5.41, 5.74) is 0.932. The molecule has 3 heteroatoms. The Morgan fingerprint density at radius 3 is 3.00 bits per heavy atom. The van der Waals surface area contributed by atoms with Gasteiger partial charge in [0.2, 0.25) is 0 Å². The Morgan fingerprint density at radius 2 is 2.42 bits per heavy atom. The summed E-state index contributed by atoms with van der Waals surface area (Å²) in [7, 11) is 0. The highest BCUT2D eigenvalue weighted by Crippen LogP contribution is 2.28. The van der Waals surface area contributed by atoms with Crippen molar-refractivity contribution in [3.8, 4) is 0 Å². The van der Waals surface area contributed by atoms with Crippen molar-refractivity contribution in [2.24, 2.45) is 5.92 Å². The third-order valence-corrected chi connectivity index (χ3v) is 2.64. The highest BCUT2D eigenvalue weighted by atomic mass is 16.3. The van der Waals surface area contributed by atoms with E-state index in [2.05, 4.69) is 9.55 Å². The first-order chi connectivity index (χ1) is 5.90. The van der Waals surface area contributed by atoms with Crippen molar-refractivity contribution in [3.05, 3.63) is 18.2 Å². The van der Waals surface area contributed by atoms with Crippen LogP contribution in [-0.2, 0) is 13.2 Å². The predicted molar refractivity (Wildman–Crippen MR) is 45.5 cm³/mol. The van der Waals surface area contributed by atoms with Crippen LogP contribution in [0.3, 0.4) is 0 Å². The van der Waals surface area contributed by atoms with Crippen molar-refractivity contribution in [2.75, 3.05) is 0 Å². The van der Waals surface area contributed by atoms with Crippen LogP contribution in [0.4, 0.5) is 0 Å². The van der Waals surface area contributed by atoms with Gasteiger partial charge in [0.15, 0.2) is 0 Å². The summed E-state index contributed by atoms with van der Waals surface area (Å²) < 4.78 is 2.06. The smallest absolute Gasteiger partial charge is 0.0948 e. The van der Waals surface area contributed by atoms with Crippen LogP contribution in [0.25, 0.3) is 0 Å². The fourth-order valence-corrected chi connectivity index (χ4v) is 1.60. The van der Waals surface area contributed by atoms with Crippen LogP contribution in [0.2, 0.25) is 0 Å². The average molecular weight is 166 g/mol. The van der Waals surface area contributed by atoms with E-state index in [1.807, 2.05) is 6.33 Å². The molecular weight excluding hydrogens is 152 g/mol. The minimum Gasteiger partial charge on any atom is -0.390 e. The Balaban J connectivity index is 2.00. The number of aromatic nitrogens is 2. The van der Waals surface area contributed by atoms with Crippen molar-refractivity contribution in [1.29, 1.82) is 0 Å². The minimum atomic E-state index is 0.104. The van der Waals surface area contributed by atoms with Gasteiger partial charge in [0.25, 0.3) is 0 Å². The maximum absolute atomic E-state index is 8.95. The summed E-state index contributed by atoms with van der Waals surface area (Å²) in [6, 6.07) is 0. The van der Waals surface area contributed by atoms with E-state index in [-0.39, 0.29) is 6.61 Å². The molecule has 1 aromatic heterocycles. The molecule has 1 aliphatic rings. The zero-order chi connectivity index (χ0) is 8.39. The topological polar surface area (TPSA) is 38.1 Å². The van der Waals surface area contributed by atoms with Crippen molar-refractivity contribution in [3.63, 3.8) is 0 Å². The van der Waals surface area contributed by atoms with Gasteiger partial charge in [0, 0.05) is 6.54 Å². The van der Waals surface area contributed by atoms with E-state index in [1.165, 1.54) is 19.3 Å². The number of imidazole rings is 1. The Kier molecular flexibility index (Phi) is 2.13. The van der Waals surface area contributed by atoms with Gasteiger partial charge in [-0.2, -0.15) is 0 Å². The normalized spacial score (nSPS) is 17.8.